The predicted octanol–water partition coefficient (Wildman–Crippen LogP) is 3.82. The van der Waals surface area contributed by atoms with Crippen molar-refractivity contribution in [3.63, 3.8) is 0 Å². The molecular formula is C18H22BFO5S. The molecule has 1 aliphatic heterocycles. The van der Waals surface area contributed by atoms with E-state index in [0.29, 0.717) is 16.8 Å². The van der Waals surface area contributed by atoms with Crippen LogP contribution < -0.4 is 0 Å². The van der Waals surface area contributed by atoms with Crippen LogP contribution in [0.3, 0.4) is 0 Å². The first-order valence-corrected chi connectivity index (χ1v) is 9.14. The summed E-state index contributed by atoms with van der Waals surface area (Å²) in [5.41, 5.74) is -0.336. The van der Waals surface area contributed by atoms with E-state index < -0.39 is 35.7 Å². The minimum Gasteiger partial charge on any atom is -0.478 e. The molecule has 0 amide bonds. The van der Waals surface area contributed by atoms with Gasteiger partial charge in [-0.3, -0.25) is 4.79 Å². The van der Waals surface area contributed by atoms with E-state index in [0.717, 1.165) is 17.8 Å². The Kier molecular flexibility index (Phi) is 6.00. The Morgan fingerprint density at radius 1 is 1.23 bits per heavy atom. The van der Waals surface area contributed by atoms with Crippen molar-refractivity contribution in [3.05, 3.63) is 40.6 Å². The Bertz CT molecular complexity index is 744. The zero-order valence-electron chi connectivity index (χ0n) is 15.5. The standard InChI is InChI=1S/C18H22BFO5S/c1-11(21)26-10-13(19-24-17(2,3)18(4,5)25-19)8-12-6-7-14(16(22)23)15(20)9-12/h6-9H,10H2,1-5H3,(H,22,23). The molecule has 1 saturated heterocycles. The second-order valence-electron chi connectivity index (χ2n) is 7.13. The summed E-state index contributed by atoms with van der Waals surface area (Å²) in [6.45, 7) is 9.15. The molecule has 1 fully saturated rings. The number of hydrogen-bond donors (Lipinski definition) is 1. The zero-order valence-corrected chi connectivity index (χ0v) is 16.3. The van der Waals surface area contributed by atoms with E-state index in [1.807, 2.05) is 27.7 Å². The number of carbonyl (C=O) groups excluding carboxylic acids is 1. The maximum absolute atomic E-state index is 14.0. The van der Waals surface area contributed by atoms with Crippen molar-refractivity contribution in [1.82, 2.24) is 0 Å². The van der Waals surface area contributed by atoms with Gasteiger partial charge in [-0.1, -0.05) is 23.9 Å². The molecule has 1 aliphatic rings. The molecular weight excluding hydrogens is 358 g/mol. The van der Waals surface area contributed by atoms with E-state index in [1.54, 1.807) is 6.08 Å². The van der Waals surface area contributed by atoms with E-state index in [1.165, 1.54) is 19.1 Å². The average Bonchev–Trinajstić information content (AvgIpc) is 2.71. The van der Waals surface area contributed by atoms with Gasteiger partial charge in [-0.25, -0.2) is 9.18 Å². The number of aromatic carboxylic acids is 1. The van der Waals surface area contributed by atoms with Crippen molar-refractivity contribution < 1.29 is 28.4 Å². The van der Waals surface area contributed by atoms with Gasteiger partial charge in [-0.15, -0.1) is 0 Å². The van der Waals surface area contributed by atoms with Gasteiger partial charge < -0.3 is 14.4 Å². The number of carboxylic acid groups (broad SMARTS) is 1. The number of carbonyl (C=O) groups is 2. The number of rotatable bonds is 5. The maximum Gasteiger partial charge on any atom is 0.491 e. The van der Waals surface area contributed by atoms with Crippen LogP contribution in [0.5, 0.6) is 0 Å². The molecule has 0 aliphatic carbocycles. The molecule has 8 heteroatoms. The van der Waals surface area contributed by atoms with E-state index in [-0.39, 0.29) is 5.12 Å². The number of halogens is 1. The summed E-state index contributed by atoms with van der Waals surface area (Å²) in [4.78, 5) is 22.3. The van der Waals surface area contributed by atoms with E-state index in [4.69, 9.17) is 14.4 Å². The SMILES string of the molecule is CC(=O)SCC(=Cc1ccc(C(=O)O)c(F)c1)B1OC(C)(C)C(C)(C)O1. The van der Waals surface area contributed by atoms with Crippen LogP contribution in [0.25, 0.3) is 6.08 Å². The lowest BCUT2D eigenvalue weighted by atomic mass is 9.78. The van der Waals surface area contributed by atoms with Gasteiger partial charge >= 0.3 is 13.1 Å². The van der Waals surface area contributed by atoms with Gasteiger partial charge in [0.1, 0.15) is 5.82 Å². The molecule has 0 aromatic heterocycles. The summed E-state index contributed by atoms with van der Waals surface area (Å²) in [7, 11) is -0.672. The fourth-order valence-corrected chi connectivity index (χ4v) is 2.96. The van der Waals surface area contributed by atoms with Crippen molar-refractivity contribution in [2.75, 3.05) is 5.75 Å². The average molecular weight is 380 g/mol. The molecule has 26 heavy (non-hydrogen) atoms. The van der Waals surface area contributed by atoms with Gasteiger partial charge in [0.15, 0.2) is 5.12 Å². The molecule has 0 spiro atoms. The third-order valence-corrected chi connectivity index (χ3v) is 5.46. The Morgan fingerprint density at radius 2 is 1.81 bits per heavy atom. The largest absolute Gasteiger partial charge is 0.491 e. The Labute approximate surface area is 157 Å². The molecule has 0 atom stereocenters. The van der Waals surface area contributed by atoms with Crippen molar-refractivity contribution in [1.29, 1.82) is 0 Å². The van der Waals surface area contributed by atoms with Gasteiger partial charge in [-0.05, 0) is 50.9 Å². The third kappa shape index (κ3) is 4.55. The smallest absolute Gasteiger partial charge is 0.478 e. The van der Waals surface area contributed by atoms with Crippen molar-refractivity contribution in [2.24, 2.45) is 0 Å². The summed E-state index contributed by atoms with van der Waals surface area (Å²) in [6, 6.07) is 3.87. The maximum atomic E-state index is 14.0. The van der Waals surface area contributed by atoms with Crippen LogP contribution in [0.4, 0.5) is 4.39 Å². The highest BCUT2D eigenvalue weighted by Crippen LogP contribution is 2.39. The molecule has 1 aromatic carbocycles. The van der Waals surface area contributed by atoms with Crippen LogP contribution in [0.1, 0.15) is 50.5 Å². The van der Waals surface area contributed by atoms with E-state index in [2.05, 4.69) is 0 Å². The minimum atomic E-state index is -1.32. The molecule has 1 N–H and O–H groups in total. The first-order chi connectivity index (χ1) is 11.9. The Morgan fingerprint density at radius 3 is 2.27 bits per heavy atom. The molecule has 2 rings (SSSR count). The molecule has 0 unspecified atom stereocenters. The summed E-state index contributed by atoms with van der Waals surface area (Å²) in [6.07, 6.45) is 1.67. The Hall–Kier alpha value is -1.64. The monoisotopic (exact) mass is 380 g/mol. The molecule has 5 nitrogen and oxygen atoms in total. The summed E-state index contributed by atoms with van der Waals surface area (Å²) in [5.74, 6) is -1.82. The summed E-state index contributed by atoms with van der Waals surface area (Å²) in [5, 5.41) is 8.88. The fourth-order valence-electron chi connectivity index (χ4n) is 2.37. The van der Waals surface area contributed by atoms with Crippen molar-refractivity contribution >= 4 is 36.0 Å². The summed E-state index contributed by atoms with van der Waals surface area (Å²) < 4.78 is 26.0. The highest BCUT2D eigenvalue weighted by molar-refractivity contribution is 8.13. The lowest BCUT2D eigenvalue weighted by Crippen LogP contribution is -2.41. The molecule has 0 saturated carbocycles. The van der Waals surface area contributed by atoms with Crippen LogP contribution in [-0.2, 0) is 14.1 Å². The second kappa shape index (κ2) is 7.54. The van der Waals surface area contributed by atoms with Gasteiger partial charge in [0.25, 0.3) is 0 Å². The van der Waals surface area contributed by atoms with Crippen LogP contribution in [0.15, 0.2) is 23.7 Å². The molecule has 0 radical (unpaired) electrons. The summed E-state index contributed by atoms with van der Waals surface area (Å²) >= 11 is 1.10. The number of benzene rings is 1. The molecule has 1 aromatic rings. The molecule has 1 heterocycles. The molecule has 140 valence electrons. The van der Waals surface area contributed by atoms with E-state index in [9.17, 15) is 14.0 Å². The second-order valence-corrected chi connectivity index (χ2v) is 8.28. The zero-order chi connectivity index (χ0) is 19.7. The minimum absolute atomic E-state index is 0.0557. The van der Waals surface area contributed by atoms with Gasteiger partial charge in [-0.2, -0.15) is 0 Å². The van der Waals surface area contributed by atoms with Gasteiger partial charge in [0, 0.05) is 12.7 Å². The van der Waals surface area contributed by atoms with Crippen molar-refractivity contribution in [2.45, 2.75) is 45.8 Å². The number of hydrogen-bond acceptors (Lipinski definition) is 5. The van der Waals surface area contributed by atoms with Crippen LogP contribution in [-0.4, -0.2) is 40.3 Å². The van der Waals surface area contributed by atoms with E-state index >= 15 is 0 Å². The quantitative estimate of drug-likeness (QED) is 0.783. The number of thioether (sulfide) groups is 1. The van der Waals surface area contributed by atoms with Gasteiger partial charge in [0.05, 0.1) is 16.8 Å². The van der Waals surface area contributed by atoms with Crippen LogP contribution in [0, 0.1) is 5.82 Å². The normalized spacial score (nSPS) is 18.8. The lowest BCUT2D eigenvalue weighted by molar-refractivity contribution is -0.109. The first-order valence-electron chi connectivity index (χ1n) is 8.15. The Balaban J connectivity index is 2.36. The van der Waals surface area contributed by atoms with Crippen LogP contribution in [0.2, 0.25) is 0 Å². The highest BCUT2D eigenvalue weighted by atomic mass is 32.2. The number of carboxylic acids is 1. The third-order valence-electron chi connectivity index (χ3n) is 4.57. The fraction of sp³-hybridized carbons (Fsp3) is 0.444. The van der Waals surface area contributed by atoms with Crippen molar-refractivity contribution in [3.8, 4) is 0 Å². The lowest BCUT2D eigenvalue weighted by Gasteiger charge is -2.32. The van der Waals surface area contributed by atoms with Gasteiger partial charge in [0.2, 0.25) is 0 Å². The first kappa shape index (κ1) is 20.7. The van der Waals surface area contributed by atoms with Crippen LogP contribution >= 0.6 is 11.8 Å². The predicted molar refractivity (Wildman–Crippen MR) is 101 cm³/mol. The molecule has 0 bridgehead atoms. The highest BCUT2D eigenvalue weighted by Gasteiger charge is 2.52. The topological polar surface area (TPSA) is 72.8 Å².